The second-order valence-electron chi connectivity index (χ2n) is 7.18. The Morgan fingerprint density at radius 3 is 2.41 bits per heavy atom. The number of benzene rings is 3. The molecule has 0 atom stereocenters. The third-order valence-electron chi connectivity index (χ3n) is 4.86. The lowest BCUT2D eigenvalue weighted by molar-refractivity contribution is 0.102. The van der Waals surface area contributed by atoms with Crippen molar-refractivity contribution in [3.05, 3.63) is 77.7 Å². The number of carbonyl (C=O) groups excluding carboxylic acids is 1. The van der Waals surface area contributed by atoms with E-state index in [-0.39, 0.29) is 10.5 Å². The molecule has 4 rings (SSSR count). The van der Waals surface area contributed by atoms with Gasteiger partial charge in [0.1, 0.15) is 11.3 Å². The van der Waals surface area contributed by atoms with Crippen molar-refractivity contribution in [1.29, 1.82) is 0 Å². The van der Waals surface area contributed by atoms with Crippen molar-refractivity contribution in [2.75, 3.05) is 17.1 Å². The number of hydrogen-bond donors (Lipinski definition) is 2. The molecule has 1 aromatic heterocycles. The molecule has 0 bridgehead atoms. The molecule has 9 heteroatoms. The number of methoxy groups -OCH3 is 1. The number of amides is 1. The second kappa shape index (κ2) is 8.35. The molecule has 0 radical (unpaired) electrons. The molecular weight excluding hydrogens is 430 g/mol. The van der Waals surface area contributed by atoms with Gasteiger partial charge in [-0.25, -0.2) is 13.4 Å². The molecule has 8 nitrogen and oxygen atoms in total. The van der Waals surface area contributed by atoms with Crippen molar-refractivity contribution >= 4 is 38.4 Å². The predicted octanol–water partition coefficient (Wildman–Crippen LogP) is 4.51. The van der Waals surface area contributed by atoms with Crippen molar-refractivity contribution < 1.29 is 22.4 Å². The molecule has 1 amide bonds. The standard InChI is InChI=1S/C23H21N3O5S/c1-14-4-10-19(32(28,29)26-16-5-8-18(30-3)9-6-16)13-20(14)23(27)25-17-7-11-22-21(12-17)24-15(2)31-22/h4-13,26H,1-3H3,(H,25,27). The van der Waals surface area contributed by atoms with E-state index >= 15 is 0 Å². The molecule has 32 heavy (non-hydrogen) atoms. The number of anilines is 2. The predicted molar refractivity (Wildman–Crippen MR) is 122 cm³/mol. The van der Waals surface area contributed by atoms with Crippen LogP contribution in [-0.2, 0) is 10.0 Å². The minimum atomic E-state index is -3.90. The summed E-state index contributed by atoms with van der Waals surface area (Å²) in [5.41, 5.74) is 3.04. The molecular formula is C23H21N3O5S. The highest BCUT2D eigenvalue weighted by Gasteiger charge is 2.19. The molecule has 0 unspecified atom stereocenters. The van der Waals surface area contributed by atoms with E-state index in [4.69, 9.17) is 9.15 Å². The average Bonchev–Trinajstić information content (AvgIpc) is 3.13. The molecule has 0 fully saturated rings. The van der Waals surface area contributed by atoms with Gasteiger partial charge in [0.2, 0.25) is 0 Å². The molecule has 0 saturated heterocycles. The quantitative estimate of drug-likeness (QED) is 0.446. The molecule has 1 heterocycles. The van der Waals surface area contributed by atoms with E-state index in [1.54, 1.807) is 62.4 Å². The van der Waals surface area contributed by atoms with Crippen molar-refractivity contribution in [2.45, 2.75) is 18.7 Å². The zero-order valence-corrected chi connectivity index (χ0v) is 18.5. The number of fused-ring (bicyclic) bond motifs is 1. The minimum Gasteiger partial charge on any atom is -0.497 e. The van der Waals surface area contributed by atoms with Crippen LogP contribution in [0.3, 0.4) is 0 Å². The van der Waals surface area contributed by atoms with Crippen LogP contribution in [0.25, 0.3) is 11.1 Å². The first-order valence-corrected chi connectivity index (χ1v) is 11.2. The Kier molecular flexibility index (Phi) is 5.58. The number of rotatable bonds is 6. The Morgan fingerprint density at radius 2 is 1.69 bits per heavy atom. The fourth-order valence-corrected chi connectivity index (χ4v) is 4.29. The van der Waals surface area contributed by atoms with Crippen LogP contribution in [-0.4, -0.2) is 26.4 Å². The van der Waals surface area contributed by atoms with Gasteiger partial charge in [-0.15, -0.1) is 0 Å². The van der Waals surface area contributed by atoms with Crippen molar-refractivity contribution in [2.24, 2.45) is 0 Å². The lowest BCUT2D eigenvalue weighted by atomic mass is 10.1. The van der Waals surface area contributed by atoms with Crippen LogP contribution in [0.15, 0.2) is 70.0 Å². The number of carbonyl (C=O) groups is 1. The van der Waals surface area contributed by atoms with Crippen LogP contribution >= 0.6 is 0 Å². The van der Waals surface area contributed by atoms with E-state index in [0.29, 0.717) is 39.7 Å². The van der Waals surface area contributed by atoms with Crippen LogP contribution < -0.4 is 14.8 Å². The fourth-order valence-electron chi connectivity index (χ4n) is 3.20. The first-order chi connectivity index (χ1) is 15.2. The van der Waals surface area contributed by atoms with Gasteiger partial charge in [0.15, 0.2) is 11.5 Å². The number of ether oxygens (including phenoxy) is 1. The highest BCUT2D eigenvalue weighted by atomic mass is 32.2. The van der Waals surface area contributed by atoms with Crippen LogP contribution in [0.4, 0.5) is 11.4 Å². The van der Waals surface area contributed by atoms with Crippen LogP contribution in [0.5, 0.6) is 5.75 Å². The van der Waals surface area contributed by atoms with Gasteiger partial charge in [-0.3, -0.25) is 9.52 Å². The topological polar surface area (TPSA) is 111 Å². The molecule has 4 aromatic rings. The summed E-state index contributed by atoms with van der Waals surface area (Å²) in [5.74, 6) is 0.714. The van der Waals surface area contributed by atoms with Crippen LogP contribution in [0.1, 0.15) is 21.8 Å². The zero-order valence-electron chi connectivity index (χ0n) is 17.7. The Morgan fingerprint density at radius 1 is 0.969 bits per heavy atom. The van der Waals surface area contributed by atoms with Gasteiger partial charge >= 0.3 is 0 Å². The van der Waals surface area contributed by atoms with Crippen LogP contribution in [0.2, 0.25) is 0 Å². The maximum atomic E-state index is 12.9. The van der Waals surface area contributed by atoms with Crippen molar-refractivity contribution in [3.63, 3.8) is 0 Å². The van der Waals surface area contributed by atoms with E-state index in [2.05, 4.69) is 15.0 Å². The Bertz CT molecular complexity index is 1410. The van der Waals surface area contributed by atoms with E-state index in [1.165, 1.54) is 19.2 Å². The molecule has 0 saturated carbocycles. The third-order valence-corrected chi connectivity index (χ3v) is 6.24. The molecule has 0 spiro atoms. The van der Waals surface area contributed by atoms with E-state index in [1.807, 2.05) is 0 Å². The summed E-state index contributed by atoms with van der Waals surface area (Å²) in [6, 6.07) is 16.0. The maximum absolute atomic E-state index is 12.9. The number of nitrogens with one attached hydrogen (secondary N) is 2. The number of oxazole rings is 1. The van der Waals surface area contributed by atoms with Crippen LogP contribution in [0, 0.1) is 13.8 Å². The molecule has 2 N–H and O–H groups in total. The van der Waals surface area contributed by atoms with Gasteiger partial charge < -0.3 is 14.5 Å². The van der Waals surface area contributed by atoms with Gasteiger partial charge in [-0.2, -0.15) is 0 Å². The Balaban J connectivity index is 1.58. The van der Waals surface area contributed by atoms with Gasteiger partial charge in [0, 0.05) is 23.9 Å². The lowest BCUT2D eigenvalue weighted by Crippen LogP contribution is -2.17. The summed E-state index contributed by atoms with van der Waals surface area (Å²) in [4.78, 5) is 17.1. The van der Waals surface area contributed by atoms with Gasteiger partial charge in [-0.1, -0.05) is 6.07 Å². The molecule has 0 aliphatic rings. The summed E-state index contributed by atoms with van der Waals surface area (Å²) >= 11 is 0. The smallest absolute Gasteiger partial charge is 0.261 e. The number of nitrogens with zero attached hydrogens (tertiary/aromatic N) is 1. The lowest BCUT2D eigenvalue weighted by Gasteiger charge is -2.12. The number of aryl methyl sites for hydroxylation is 2. The summed E-state index contributed by atoms with van der Waals surface area (Å²) in [6.07, 6.45) is 0. The summed E-state index contributed by atoms with van der Waals surface area (Å²) in [7, 11) is -2.37. The molecule has 3 aromatic carbocycles. The number of sulfonamides is 1. The fraction of sp³-hybridized carbons (Fsp3) is 0.130. The zero-order chi connectivity index (χ0) is 22.9. The largest absolute Gasteiger partial charge is 0.497 e. The van der Waals surface area contributed by atoms with E-state index in [0.717, 1.165) is 0 Å². The molecule has 0 aliphatic heterocycles. The highest BCUT2D eigenvalue weighted by molar-refractivity contribution is 7.92. The maximum Gasteiger partial charge on any atom is 0.261 e. The number of aromatic nitrogens is 1. The second-order valence-corrected chi connectivity index (χ2v) is 8.86. The summed E-state index contributed by atoms with van der Waals surface area (Å²) in [5, 5.41) is 2.79. The van der Waals surface area contributed by atoms with Gasteiger partial charge in [0.25, 0.3) is 15.9 Å². The highest BCUT2D eigenvalue weighted by Crippen LogP contribution is 2.23. The monoisotopic (exact) mass is 451 g/mol. The van der Waals surface area contributed by atoms with Crippen molar-refractivity contribution in [1.82, 2.24) is 4.98 Å². The number of hydrogen-bond acceptors (Lipinski definition) is 6. The summed E-state index contributed by atoms with van der Waals surface area (Å²) < 4.78 is 38.7. The average molecular weight is 452 g/mol. The van der Waals surface area contributed by atoms with E-state index < -0.39 is 15.9 Å². The molecule has 0 aliphatic carbocycles. The third kappa shape index (κ3) is 4.42. The minimum absolute atomic E-state index is 0.0216. The van der Waals surface area contributed by atoms with Crippen molar-refractivity contribution in [3.8, 4) is 5.75 Å². The SMILES string of the molecule is COc1ccc(NS(=O)(=O)c2ccc(C)c(C(=O)Nc3ccc4oc(C)nc4c3)c2)cc1. The Labute approximate surface area is 185 Å². The van der Waals surface area contributed by atoms with Gasteiger partial charge in [0.05, 0.1) is 12.0 Å². The first-order valence-electron chi connectivity index (χ1n) is 9.71. The Hall–Kier alpha value is -3.85. The first kappa shape index (κ1) is 21.4. The molecule has 164 valence electrons. The van der Waals surface area contributed by atoms with Gasteiger partial charge in [-0.05, 0) is 67.1 Å². The summed E-state index contributed by atoms with van der Waals surface area (Å²) in [6.45, 7) is 3.49. The van der Waals surface area contributed by atoms with E-state index in [9.17, 15) is 13.2 Å². The normalized spacial score (nSPS) is 11.3.